The molecule has 0 saturated carbocycles. The highest BCUT2D eigenvalue weighted by molar-refractivity contribution is 5.95. The lowest BCUT2D eigenvalue weighted by atomic mass is 9.79. The first-order chi connectivity index (χ1) is 12.6. The number of benzene rings is 1. The van der Waals surface area contributed by atoms with E-state index in [1.54, 1.807) is 0 Å². The summed E-state index contributed by atoms with van der Waals surface area (Å²) in [7, 11) is 0. The molecule has 6 heteroatoms. The van der Waals surface area contributed by atoms with Gasteiger partial charge in [-0.1, -0.05) is 18.2 Å². The minimum absolute atomic E-state index is 0. The highest BCUT2D eigenvalue weighted by Gasteiger charge is 2.47. The van der Waals surface area contributed by atoms with Crippen LogP contribution in [-0.2, 0) is 4.79 Å². The first-order valence-electron chi connectivity index (χ1n) is 9.96. The van der Waals surface area contributed by atoms with Crippen molar-refractivity contribution in [1.82, 2.24) is 15.1 Å². The number of piperidine rings is 1. The van der Waals surface area contributed by atoms with Crippen LogP contribution in [0, 0.1) is 5.41 Å². The van der Waals surface area contributed by atoms with Crippen LogP contribution < -0.4 is 5.32 Å². The van der Waals surface area contributed by atoms with Crippen LogP contribution in [0.25, 0.3) is 0 Å². The number of halogens is 1. The first kappa shape index (κ1) is 20.2. The normalized spacial score (nSPS) is 30.4. The molecule has 4 rings (SSSR count). The van der Waals surface area contributed by atoms with E-state index < -0.39 is 5.41 Å². The summed E-state index contributed by atoms with van der Waals surface area (Å²) in [5.41, 5.74) is 0.247. The molecule has 0 radical (unpaired) electrons. The quantitative estimate of drug-likeness (QED) is 0.843. The molecule has 3 heterocycles. The van der Waals surface area contributed by atoms with Gasteiger partial charge in [0.1, 0.15) is 0 Å². The maximum Gasteiger partial charge on any atom is 0.253 e. The molecule has 148 valence electrons. The zero-order valence-electron chi connectivity index (χ0n) is 16.0. The van der Waals surface area contributed by atoms with Gasteiger partial charge in [0.25, 0.3) is 5.91 Å². The highest BCUT2D eigenvalue weighted by Crippen LogP contribution is 2.37. The topological polar surface area (TPSA) is 52.7 Å². The lowest BCUT2D eigenvalue weighted by Crippen LogP contribution is -2.55. The number of likely N-dealkylation sites (tertiary alicyclic amines) is 1. The number of hydrogen-bond donors (Lipinski definition) is 1. The van der Waals surface area contributed by atoms with E-state index in [0.29, 0.717) is 24.2 Å². The molecule has 27 heavy (non-hydrogen) atoms. The zero-order valence-corrected chi connectivity index (χ0v) is 16.8. The van der Waals surface area contributed by atoms with E-state index in [1.807, 2.05) is 35.2 Å². The van der Waals surface area contributed by atoms with Crippen molar-refractivity contribution < 1.29 is 9.59 Å². The van der Waals surface area contributed by atoms with Crippen LogP contribution in [0.2, 0.25) is 0 Å². The lowest BCUT2D eigenvalue weighted by molar-refractivity contribution is -0.146. The molecular weight excluding hydrogens is 362 g/mol. The third kappa shape index (κ3) is 3.85. The molecule has 5 nitrogen and oxygen atoms in total. The number of carbonyl (C=O) groups is 2. The average Bonchev–Trinajstić information content (AvgIpc) is 2.93. The number of fused-ring (bicyclic) bond motifs is 2. The van der Waals surface area contributed by atoms with E-state index in [2.05, 4.69) is 17.1 Å². The summed E-state index contributed by atoms with van der Waals surface area (Å²) in [5.74, 6) is 0.309. The van der Waals surface area contributed by atoms with Gasteiger partial charge in [-0.05, 0) is 57.7 Å². The third-order valence-electron chi connectivity index (χ3n) is 6.41. The summed E-state index contributed by atoms with van der Waals surface area (Å²) in [6.07, 6.45) is 5.04. The van der Waals surface area contributed by atoms with Gasteiger partial charge in [0.2, 0.25) is 5.91 Å². The Morgan fingerprint density at radius 2 is 1.85 bits per heavy atom. The van der Waals surface area contributed by atoms with E-state index in [9.17, 15) is 9.59 Å². The molecule has 1 aromatic carbocycles. The fourth-order valence-corrected chi connectivity index (χ4v) is 4.98. The van der Waals surface area contributed by atoms with Gasteiger partial charge in [-0.2, -0.15) is 0 Å². The second kappa shape index (κ2) is 8.19. The summed E-state index contributed by atoms with van der Waals surface area (Å²) < 4.78 is 0. The van der Waals surface area contributed by atoms with Gasteiger partial charge in [0.15, 0.2) is 0 Å². The largest absolute Gasteiger partial charge is 0.338 e. The second-order valence-electron chi connectivity index (χ2n) is 8.35. The molecule has 3 aliphatic heterocycles. The molecule has 3 aliphatic rings. The van der Waals surface area contributed by atoms with Crippen molar-refractivity contribution in [3.63, 3.8) is 0 Å². The third-order valence-corrected chi connectivity index (χ3v) is 6.41. The van der Waals surface area contributed by atoms with Crippen LogP contribution in [0.3, 0.4) is 0 Å². The van der Waals surface area contributed by atoms with Gasteiger partial charge in [0, 0.05) is 37.3 Å². The molecule has 2 bridgehead atoms. The number of nitrogens with zero attached hydrogens (tertiary/aromatic N) is 2. The van der Waals surface area contributed by atoms with Crippen molar-refractivity contribution in [2.45, 2.75) is 51.1 Å². The Balaban J connectivity index is 0.00000210. The van der Waals surface area contributed by atoms with Crippen LogP contribution in [0.5, 0.6) is 0 Å². The Morgan fingerprint density at radius 1 is 1.11 bits per heavy atom. The van der Waals surface area contributed by atoms with Crippen LogP contribution in [0.15, 0.2) is 30.3 Å². The number of rotatable bonds is 2. The van der Waals surface area contributed by atoms with Gasteiger partial charge >= 0.3 is 0 Å². The first-order valence-corrected chi connectivity index (χ1v) is 9.96. The maximum absolute atomic E-state index is 13.6. The molecule has 3 fully saturated rings. The molecule has 2 amide bonds. The second-order valence-corrected chi connectivity index (χ2v) is 8.35. The Kier molecular flexibility index (Phi) is 6.11. The summed E-state index contributed by atoms with van der Waals surface area (Å²) in [5, 5.41) is 3.47. The van der Waals surface area contributed by atoms with E-state index in [1.165, 1.54) is 0 Å². The number of hydrogen-bond acceptors (Lipinski definition) is 3. The molecular formula is C21H30ClN3O2. The van der Waals surface area contributed by atoms with Crippen molar-refractivity contribution in [3.8, 4) is 0 Å². The molecule has 1 aromatic rings. The fraction of sp³-hybridized carbons (Fsp3) is 0.619. The van der Waals surface area contributed by atoms with E-state index in [4.69, 9.17) is 0 Å². The number of amides is 2. The van der Waals surface area contributed by atoms with Crippen LogP contribution in [0.4, 0.5) is 0 Å². The van der Waals surface area contributed by atoms with Gasteiger partial charge in [0.05, 0.1) is 5.41 Å². The Morgan fingerprint density at radius 3 is 2.63 bits per heavy atom. The van der Waals surface area contributed by atoms with Crippen molar-refractivity contribution in [2.75, 3.05) is 26.2 Å². The van der Waals surface area contributed by atoms with Crippen LogP contribution >= 0.6 is 12.4 Å². The Bertz CT molecular complexity index is 669. The summed E-state index contributed by atoms with van der Waals surface area (Å²) in [6, 6.07) is 10.1. The zero-order chi connectivity index (χ0) is 18.1. The SMILES string of the molecule is CC1(C(=O)N2C3CCNCC2CC3)CCCN(C(=O)c2ccccc2)C1.Cl. The minimum atomic E-state index is -0.464. The van der Waals surface area contributed by atoms with E-state index >= 15 is 0 Å². The maximum atomic E-state index is 13.6. The average molecular weight is 392 g/mol. The number of nitrogens with one attached hydrogen (secondary N) is 1. The standard InChI is InChI=1S/C21H29N3O2.ClH/c1-21(20(26)24-17-8-9-18(24)14-22-12-10-17)11-5-13-23(15-21)19(25)16-6-3-2-4-7-16;/h2-4,6-7,17-18,22H,5,8-15H2,1H3;1H. The monoisotopic (exact) mass is 391 g/mol. The molecule has 0 spiro atoms. The predicted molar refractivity (Wildman–Crippen MR) is 108 cm³/mol. The van der Waals surface area contributed by atoms with Gasteiger partial charge in [-0.3, -0.25) is 9.59 Å². The molecule has 3 saturated heterocycles. The van der Waals surface area contributed by atoms with Crippen molar-refractivity contribution in [1.29, 1.82) is 0 Å². The molecule has 3 atom stereocenters. The fourth-order valence-electron chi connectivity index (χ4n) is 4.98. The molecule has 1 N–H and O–H groups in total. The van der Waals surface area contributed by atoms with E-state index in [-0.39, 0.29) is 24.2 Å². The molecule has 0 aliphatic carbocycles. The van der Waals surface area contributed by atoms with Crippen LogP contribution in [0.1, 0.15) is 49.4 Å². The van der Waals surface area contributed by atoms with Crippen LogP contribution in [-0.4, -0.2) is 59.9 Å². The van der Waals surface area contributed by atoms with Gasteiger partial charge < -0.3 is 15.1 Å². The summed E-state index contributed by atoms with van der Waals surface area (Å²) in [4.78, 5) is 30.5. The molecule has 0 aromatic heterocycles. The molecule has 3 unspecified atom stereocenters. The number of carbonyl (C=O) groups excluding carboxylic acids is 2. The Labute approximate surface area is 167 Å². The smallest absolute Gasteiger partial charge is 0.253 e. The predicted octanol–water partition coefficient (Wildman–Crippen LogP) is 2.70. The summed E-state index contributed by atoms with van der Waals surface area (Å²) in [6.45, 7) is 5.25. The van der Waals surface area contributed by atoms with Crippen molar-refractivity contribution in [2.24, 2.45) is 5.41 Å². The van der Waals surface area contributed by atoms with Crippen molar-refractivity contribution >= 4 is 24.2 Å². The minimum Gasteiger partial charge on any atom is -0.338 e. The Hall–Kier alpha value is -1.59. The summed E-state index contributed by atoms with van der Waals surface area (Å²) >= 11 is 0. The lowest BCUT2D eigenvalue weighted by Gasteiger charge is -2.43. The van der Waals surface area contributed by atoms with Gasteiger partial charge in [-0.25, -0.2) is 0 Å². The van der Waals surface area contributed by atoms with Gasteiger partial charge in [-0.15, -0.1) is 12.4 Å². The highest BCUT2D eigenvalue weighted by atomic mass is 35.5. The van der Waals surface area contributed by atoms with E-state index in [0.717, 1.165) is 51.7 Å². The van der Waals surface area contributed by atoms with Crippen molar-refractivity contribution in [3.05, 3.63) is 35.9 Å².